The number of rotatable bonds is 2. The van der Waals surface area contributed by atoms with Crippen molar-refractivity contribution in [2.24, 2.45) is 5.14 Å². The molecule has 0 fully saturated rings. The van der Waals surface area contributed by atoms with Gasteiger partial charge >= 0.3 is 10.3 Å². The molecule has 1 aromatic rings. The smallest absolute Gasteiger partial charge is 0.350 e. The molecule has 1 rings (SSSR count). The number of aromatic nitrogens is 2. The summed E-state index contributed by atoms with van der Waals surface area (Å²) in [5.41, 5.74) is 0.485. The van der Waals surface area contributed by atoms with E-state index in [0.29, 0.717) is 5.69 Å². The van der Waals surface area contributed by atoms with Gasteiger partial charge in [0.2, 0.25) is 11.2 Å². The Hall–Kier alpha value is -0.920. The Morgan fingerprint density at radius 3 is 2.62 bits per heavy atom. The maximum Gasteiger partial charge on any atom is 0.381 e. The molecule has 0 spiro atoms. The van der Waals surface area contributed by atoms with E-state index in [0.717, 1.165) is 0 Å². The predicted molar refractivity (Wildman–Crippen MR) is 45.5 cm³/mol. The van der Waals surface area contributed by atoms with Gasteiger partial charge in [0.05, 0.1) is 0 Å². The van der Waals surface area contributed by atoms with Gasteiger partial charge in [0.25, 0.3) is 0 Å². The lowest BCUT2D eigenvalue weighted by molar-refractivity contribution is 0.476. The number of nitrogens with two attached hydrogens (primary N) is 1. The molecule has 0 aliphatic heterocycles. The van der Waals surface area contributed by atoms with Crippen molar-refractivity contribution in [3.05, 3.63) is 17.0 Å². The number of aryl methyl sites for hydroxylation is 1. The zero-order valence-corrected chi connectivity index (χ0v) is 8.13. The van der Waals surface area contributed by atoms with Crippen LogP contribution in [0.5, 0.6) is 5.88 Å². The highest BCUT2D eigenvalue weighted by molar-refractivity contribution is 7.84. The number of halogens is 1. The van der Waals surface area contributed by atoms with Gasteiger partial charge in [-0.3, -0.25) is 0 Å². The van der Waals surface area contributed by atoms with Gasteiger partial charge in [-0.2, -0.15) is 18.5 Å². The lowest BCUT2D eigenvalue weighted by atomic mass is 10.4. The van der Waals surface area contributed by atoms with Crippen LogP contribution in [0.3, 0.4) is 0 Å². The average molecular weight is 224 g/mol. The molecule has 1 heterocycles. The Morgan fingerprint density at radius 1 is 1.54 bits per heavy atom. The Balaban J connectivity index is 3.03. The minimum Gasteiger partial charge on any atom is -0.350 e. The van der Waals surface area contributed by atoms with E-state index < -0.39 is 10.3 Å². The molecule has 0 unspecified atom stereocenters. The van der Waals surface area contributed by atoms with Gasteiger partial charge in [0, 0.05) is 11.8 Å². The summed E-state index contributed by atoms with van der Waals surface area (Å²) < 4.78 is 25.2. The summed E-state index contributed by atoms with van der Waals surface area (Å²) in [4.78, 5) is 7.20. The van der Waals surface area contributed by atoms with E-state index in [1.165, 1.54) is 6.07 Å². The van der Waals surface area contributed by atoms with Crippen LogP contribution in [0, 0.1) is 6.92 Å². The zero-order chi connectivity index (χ0) is 10.1. The van der Waals surface area contributed by atoms with Crippen molar-refractivity contribution < 1.29 is 12.6 Å². The normalized spacial score (nSPS) is 11.3. The Morgan fingerprint density at radius 2 is 2.15 bits per heavy atom. The van der Waals surface area contributed by atoms with Crippen LogP contribution >= 0.6 is 11.6 Å². The minimum absolute atomic E-state index is 0.0985. The molecule has 2 N–H and O–H groups in total. The molecular weight excluding hydrogens is 218 g/mol. The summed E-state index contributed by atoms with van der Waals surface area (Å²) >= 11 is 5.44. The highest BCUT2D eigenvalue weighted by atomic mass is 35.5. The molecular formula is C5H6ClN3O3S. The van der Waals surface area contributed by atoms with E-state index in [1.54, 1.807) is 6.92 Å². The molecule has 0 saturated heterocycles. The first-order valence-corrected chi connectivity index (χ1v) is 4.95. The molecule has 72 valence electrons. The molecule has 0 bridgehead atoms. The topological polar surface area (TPSA) is 95.2 Å². The molecule has 0 aliphatic rings. The Kier molecular flexibility index (Phi) is 2.69. The second kappa shape index (κ2) is 3.44. The summed E-state index contributed by atoms with van der Waals surface area (Å²) in [6.45, 7) is 1.61. The van der Waals surface area contributed by atoms with Gasteiger partial charge in [0.15, 0.2) is 0 Å². The minimum atomic E-state index is -4.06. The number of nitrogens with zero attached hydrogens (tertiary/aromatic N) is 2. The molecule has 0 aliphatic carbocycles. The summed E-state index contributed by atoms with van der Waals surface area (Å²) in [6, 6.07) is 1.30. The van der Waals surface area contributed by atoms with Crippen LogP contribution in [0.4, 0.5) is 0 Å². The van der Waals surface area contributed by atoms with Crippen LogP contribution in [-0.2, 0) is 10.3 Å². The third-order valence-electron chi connectivity index (χ3n) is 1.00. The van der Waals surface area contributed by atoms with Crippen molar-refractivity contribution in [2.45, 2.75) is 6.92 Å². The third kappa shape index (κ3) is 3.53. The molecule has 0 atom stereocenters. The number of hydrogen-bond acceptors (Lipinski definition) is 5. The van der Waals surface area contributed by atoms with Crippen LogP contribution in [0.1, 0.15) is 5.69 Å². The molecule has 0 aromatic carbocycles. The fraction of sp³-hybridized carbons (Fsp3) is 0.200. The van der Waals surface area contributed by atoms with E-state index in [4.69, 9.17) is 11.6 Å². The van der Waals surface area contributed by atoms with Crippen LogP contribution in [0.2, 0.25) is 5.28 Å². The van der Waals surface area contributed by atoms with E-state index in [-0.39, 0.29) is 11.2 Å². The summed E-state index contributed by atoms with van der Waals surface area (Å²) in [5.74, 6) is -0.194. The van der Waals surface area contributed by atoms with Crippen LogP contribution in [-0.4, -0.2) is 18.4 Å². The van der Waals surface area contributed by atoms with Crippen LogP contribution < -0.4 is 9.32 Å². The molecule has 0 amide bonds. The molecule has 13 heavy (non-hydrogen) atoms. The van der Waals surface area contributed by atoms with E-state index in [1.807, 2.05) is 0 Å². The van der Waals surface area contributed by atoms with Crippen molar-refractivity contribution in [2.75, 3.05) is 0 Å². The molecule has 6 nitrogen and oxygen atoms in total. The predicted octanol–water partition coefficient (Wildman–Crippen LogP) is 0.0207. The van der Waals surface area contributed by atoms with Crippen molar-refractivity contribution in [1.82, 2.24) is 9.97 Å². The van der Waals surface area contributed by atoms with Crippen LogP contribution in [0.25, 0.3) is 0 Å². The van der Waals surface area contributed by atoms with Gasteiger partial charge in [-0.05, 0) is 18.5 Å². The van der Waals surface area contributed by atoms with Crippen molar-refractivity contribution in [3.63, 3.8) is 0 Å². The summed E-state index contributed by atoms with van der Waals surface area (Å²) in [7, 11) is -4.06. The van der Waals surface area contributed by atoms with E-state index in [9.17, 15) is 8.42 Å². The highest BCUT2D eigenvalue weighted by Crippen LogP contribution is 2.12. The molecule has 0 radical (unpaired) electrons. The third-order valence-corrected chi connectivity index (χ3v) is 1.58. The monoisotopic (exact) mass is 223 g/mol. The first-order valence-electron chi connectivity index (χ1n) is 3.10. The highest BCUT2D eigenvalue weighted by Gasteiger charge is 2.07. The standard InChI is InChI=1S/C5H6ClN3O3S/c1-3-2-4(9-5(6)8-3)12-13(7,10)11/h2H,1H3,(H2,7,10,11). The second-order valence-electron chi connectivity index (χ2n) is 2.19. The lowest BCUT2D eigenvalue weighted by Crippen LogP contribution is -2.19. The van der Waals surface area contributed by atoms with Gasteiger partial charge in [0.1, 0.15) is 0 Å². The quantitative estimate of drug-likeness (QED) is 0.714. The zero-order valence-electron chi connectivity index (χ0n) is 6.56. The average Bonchev–Trinajstić information content (AvgIpc) is 1.78. The van der Waals surface area contributed by atoms with E-state index in [2.05, 4.69) is 19.3 Å². The second-order valence-corrected chi connectivity index (χ2v) is 3.68. The van der Waals surface area contributed by atoms with Crippen molar-refractivity contribution in [3.8, 4) is 5.88 Å². The maximum atomic E-state index is 10.5. The van der Waals surface area contributed by atoms with Gasteiger partial charge < -0.3 is 4.18 Å². The lowest BCUT2D eigenvalue weighted by Gasteiger charge is -2.01. The van der Waals surface area contributed by atoms with Crippen molar-refractivity contribution in [1.29, 1.82) is 0 Å². The molecule has 8 heteroatoms. The fourth-order valence-electron chi connectivity index (χ4n) is 0.666. The van der Waals surface area contributed by atoms with Gasteiger partial charge in [-0.25, -0.2) is 4.98 Å². The molecule has 1 aromatic heterocycles. The summed E-state index contributed by atoms with van der Waals surface area (Å²) in [5, 5.41) is 4.52. The van der Waals surface area contributed by atoms with Crippen LogP contribution in [0.15, 0.2) is 6.07 Å². The van der Waals surface area contributed by atoms with Gasteiger partial charge in [-0.15, -0.1) is 0 Å². The molecule has 0 saturated carbocycles. The van der Waals surface area contributed by atoms with Gasteiger partial charge in [-0.1, -0.05) is 0 Å². The maximum absolute atomic E-state index is 10.5. The SMILES string of the molecule is Cc1cc(OS(N)(=O)=O)nc(Cl)n1. The summed E-state index contributed by atoms with van der Waals surface area (Å²) in [6.07, 6.45) is 0. The first kappa shape index (κ1) is 10.2. The fourth-order valence-corrected chi connectivity index (χ4v) is 1.21. The Labute approximate surface area is 80.0 Å². The largest absolute Gasteiger partial charge is 0.381 e. The Bertz CT molecular complexity index is 399. The number of hydrogen-bond donors (Lipinski definition) is 1. The first-order chi connectivity index (χ1) is 5.87. The van der Waals surface area contributed by atoms with Crippen molar-refractivity contribution >= 4 is 21.9 Å². The van der Waals surface area contributed by atoms with E-state index >= 15 is 0 Å².